The van der Waals surface area contributed by atoms with Gasteiger partial charge in [0.15, 0.2) is 17.5 Å². The summed E-state index contributed by atoms with van der Waals surface area (Å²) in [4.78, 5) is 15.7. The monoisotopic (exact) mass is 741 g/mol. The highest BCUT2D eigenvalue weighted by Crippen LogP contribution is 2.55. The average molecular weight is 742 g/mol. The van der Waals surface area contributed by atoms with Crippen molar-refractivity contribution in [2.45, 2.75) is 19.3 Å². The van der Waals surface area contributed by atoms with Gasteiger partial charge in [0.05, 0.1) is 0 Å². The van der Waals surface area contributed by atoms with E-state index in [0.29, 0.717) is 17.5 Å². The van der Waals surface area contributed by atoms with E-state index in [4.69, 9.17) is 19.4 Å². The minimum absolute atomic E-state index is 0.111. The third kappa shape index (κ3) is 4.78. The molecule has 0 unspecified atom stereocenters. The van der Waals surface area contributed by atoms with Gasteiger partial charge in [-0.15, -0.1) is 0 Å². The Morgan fingerprint density at radius 3 is 1.88 bits per heavy atom. The van der Waals surface area contributed by atoms with E-state index >= 15 is 0 Å². The number of fused-ring (bicyclic) bond motifs is 13. The Kier molecular flexibility index (Phi) is 6.94. The van der Waals surface area contributed by atoms with Gasteiger partial charge in [0.2, 0.25) is 0 Å². The largest absolute Gasteiger partial charge is 0.456 e. The molecule has 0 amide bonds. The van der Waals surface area contributed by atoms with Crippen LogP contribution in [0, 0.1) is 0 Å². The molecule has 58 heavy (non-hydrogen) atoms. The molecule has 2 aromatic heterocycles. The summed E-state index contributed by atoms with van der Waals surface area (Å²) in [6, 6.07) is 62.3. The van der Waals surface area contributed by atoms with Crippen molar-refractivity contribution in [3.63, 3.8) is 0 Å². The standard InChI is InChI=1S/C54H35N3O/c1-54(2)44-23-10-8-20-40(44)49-42-29-26-34-31-36(27-28-37(34)47(42)38-18-6-7-19-39(38)50(49)54)52-55-51(35-17-12-16-33(30-35)32-14-4-3-5-15-32)56-53(57-52)43-22-13-25-46-48(43)41-21-9-11-24-45(41)58-46/h3-31H,1-2H3. The molecule has 272 valence electrons. The van der Waals surface area contributed by atoms with E-state index in [1.807, 2.05) is 36.4 Å². The molecule has 4 nitrogen and oxygen atoms in total. The van der Waals surface area contributed by atoms with Crippen LogP contribution in [0.1, 0.15) is 25.0 Å². The van der Waals surface area contributed by atoms with Crippen molar-refractivity contribution < 1.29 is 4.42 Å². The zero-order chi connectivity index (χ0) is 38.5. The van der Waals surface area contributed by atoms with Gasteiger partial charge in [-0.3, -0.25) is 0 Å². The summed E-state index contributed by atoms with van der Waals surface area (Å²) in [5.74, 6) is 1.83. The lowest BCUT2D eigenvalue weighted by Gasteiger charge is -2.24. The van der Waals surface area contributed by atoms with Gasteiger partial charge >= 0.3 is 0 Å². The summed E-state index contributed by atoms with van der Waals surface area (Å²) in [6.07, 6.45) is 0. The summed E-state index contributed by atoms with van der Waals surface area (Å²) < 4.78 is 6.31. The van der Waals surface area contributed by atoms with Crippen LogP contribution in [0.5, 0.6) is 0 Å². The van der Waals surface area contributed by atoms with Gasteiger partial charge in [0.1, 0.15) is 11.2 Å². The molecular weight excluding hydrogens is 707 g/mol. The summed E-state index contributed by atoms with van der Waals surface area (Å²) >= 11 is 0. The summed E-state index contributed by atoms with van der Waals surface area (Å²) in [5, 5.41) is 9.53. The molecule has 0 saturated carbocycles. The number of furan rings is 1. The van der Waals surface area contributed by atoms with Gasteiger partial charge in [-0.1, -0.05) is 166 Å². The Balaban J connectivity index is 1.09. The van der Waals surface area contributed by atoms with Crippen LogP contribution in [0.4, 0.5) is 0 Å². The minimum atomic E-state index is -0.111. The van der Waals surface area contributed by atoms with E-state index in [1.165, 1.54) is 49.2 Å². The summed E-state index contributed by atoms with van der Waals surface area (Å²) in [5.41, 5.74) is 12.0. The topological polar surface area (TPSA) is 51.8 Å². The third-order valence-electron chi connectivity index (χ3n) is 12.3. The van der Waals surface area contributed by atoms with E-state index in [9.17, 15) is 0 Å². The second-order valence-electron chi connectivity index (χ2n) is 15.9. The van der Waals surface area contributed by atoms with Gasteiger partial charge < -0.3 is 4.42 Å². The molecule has 2 heterocycles. The van der Waals surface area contributed by atoms with E-state index < -0.39 is 0 Å². The Labute approximate surface area is 335 Å². The van der Waals surface area contributed by atoms with Crippen LogP contribution in [0.2, 0.25) is 0 Å². The quantitative estimate of drug-likeness (QED) is 0.169. The van der Waals surface area contributed by atoms with Crippen LogP contribution in [0.3, 0.4) is 0 Å². The predicted octanol–water partition coefficient (Wildman–Crippen LogP) is 14.2. The van der Waals surface area contributed by atoms with E-state index in [2.05, 4.69) is 153 Å². The van der Waals surface area contributed by atoms with Crippen molar-refractivity contribution in [3.05, 3.63) is 187 Å². The normalized spacial score (nSPS) is 13.1. The third-order valence-corrected chi connectivity index (χ3v) is 12.3. The Bertz CT molecular complexity index is 3490. The second-order valence-corrected chi connectivity index (χ2v) is 15.9. The number of hydrogen-bond donors (Lipinski definition) is 0. The van der Waals surface area contributed by atoms with Gasteiger partial charge in [0.25, 0.3) is 0 Å². The molecule has 4 heteroatoms. The molecular formula is C54H35N3O. The van der Waals surface area contributed by atoms with Crippen LogP contribution in [0.25, 0.3) is 111 Å². The van der Waals surface area contributed by atoms with Crippen molar-refractivity contribution in [1.29, 1.82) is 0 Å². The smallest absolute Gasteiger partial charge is 0.164 e. The molecule has 1 aliphatic carbocycles. The minimum Gasteiger partial charge on any atom is -0.456 e. The molecule has 0 saturated heterocycles. The highest BCUT2D eigenvalue weighted by Gasteiger charge is 2.38. The number of para-hydroxylation sites is 1. The molecule has 0 N–H and O–H groups in total. The van der Waals surface area contributed by atoms with Crippen LogP contribution in [0.15, 0.2) is 180 Å². The van der Waals surface area contributed by atoms with Crippen LogP contribution >= 0.6 is 0 Å². The lowest BCUT2D eigenvalue weighted by molar-refractivity contribution is 0.666. The maximum atomic E-state index is 6.31. The first-order chi connectivity index (χ1) is 28.5. The van der Waals surface area contributed by atoms with Crippen molar-refractivity contribution in [2.75, 3.05) is 0 Å². The van der Waals surface area contributed by atoms with E-state index in [0.717, 1.165) is 55.1 Å². The number of hydrogen-bond acceptors (Lipinski definition) is 4. The zero-order valence-corrected chi connectivity index (χ0v) is 32.0. The fourth-order valence-corrected chi connectivity index (χ4v) is 9.65. The lowest BCUT2D eigenvalue weighted by Crippen LogP contribution is -2.15. The lowest BCUT2D eigenvalue weighted by atomic mass is 9.79. The molecule has 0 fully saturated rings. The number of aromatic nitrogens is 3. The van der Waals surface area contributed by atoms with E-state index in [-0.39, 0.29) is 5.41 Å². The Morgan fingerprint density at radius 2 is 1.02 bits per heavy atom. The van der Waals surface area contributed by atoms with Crippen molar-refractivity contribution in [2.24, 2.45) is 0 Å². The Morgan fingerprint density at radius 1 is 0.397 bits per heavy atom. The van der Waals surface area contributed by atoms with Gasteiger partial charge in [-0.05, 0) is 90.0 Å². The molecule has 0 atom stereocenters. The number of rotatable bonds is 4. The zero-order valence-electron chi connectivity index (χ0n) is 32.0. The molecule has 11 aromatic rings. The van der Waals surface area contributed by atoms with Crippen LogP contribution in [-0.4, -0.2) is 15.0 Å². The summed E-state index contributed by atoms with van der Waals surface area (Å²) in [7, 11) is 0. The predicted molar refractivity (Wildman–Crippen MR) is 239 cm³/mol. The highest BCUT2D eigenvalue weighted by molar-refractivity contribution is 6.26. The molecule has 12 rings (SSSR count). The molecule has 0 spiro atoms. The maximum absolute atomic E-state index is 6.31. The fourth-order valence-electron chi connectivity index (χ4n) is 9.65. The van der Waals surface area contributed by atoms with Gasteiger partial charge in [-0.25, -0.2) is 15.0 Å². The molecule has 0 bridgehead atoms. The van der Waals surface area contributed by atoms with Crippen LogP contribution < -0.4 is 0 Å². The summed E-state index contributed by atoms with van der Waals surface area (Å²) in [6.45, 7) is 4.74. The highest BCUT2D eigenvalue weighted by atomic mass is 16.3. The second kappa shape index (κ2) is 12.3. The SMILES string of the molecule is CC1(C)c2ccccc2-c2c1c1ccccc1c1c2ccc2cc(-c3nc(-c4cccc(-c5ccccc5)c4)nc(-c4cccc5oc6ccccc6c45)n3)ccc21. The van der Waals surface area contributed by atoms with Crippen molar-refractivity contribution in [3.8, 4) is 56.4 Å². The number of benzene rings is 9. The Hall–Kier alpha value is -7.43. The van der Waals surface area contributed by atoms with Gasteiger partial charge in [-0.2, -0.15) is 0 Å². The van der Waals surface area contributed by atoms with Crippen molar-refractivity contribution >= 4 is 54.3 Å². The number of nitrogens with zero attached hydrogens (tertiary/aromatic N) is 3. The molecule has 0 radical (unpaired) electrons. The van der Waals surface area contributed by atoms with E-state index in [1.54, 1.807) is 0 Å². The molecule has 1 aliphatic rings. The average Bonchev–Trinajstić information content (AvgIpc) is 3.78. The molecule has 9 aromatic carbocycles. The fraction of sp³-hybridized carbons (Fsp3) is 0.0556. The maximum Gasteiger partial charge on any atom is 0.164 e. The first-order valence-corrected chi connectivity index (χ1v) is 19.9. The van der Waals surface area contributed by atoms with Crippen LogP contribution in [-0.2, 0) is 5.41 Å². The van der Waals surface area contributed by atoms with Gasteiger partial charge in [0, 0.05) is 32.9 Å². The van der Waals surface area contributed by atoms with Crippen molar-refractivity contribution in [1.82, 2.24) is 15.0 Å². The first kappa shape index (κ1) is 32.8. The first-order valence-electron chi connectivity index (χ1n) is 19.9. The molecule has 0 aliphatic heterocycles.